The van der Waals surface area contributed by atoms with Gasteiger partial charge in [-0.3, -0.25) is 0 Å². The Morgan fingerprint density at radius 3 is 2.67 bits per heavy atom. The van der Waals surface area contributed by atoms with Crippen LogP contribution in [0.25, 0.3) is 0 Å². The summed E-state index contributed by atoms with van der Waals surface area (Å²) in [4.78, 5) is 0.844. The van der Waals surface area contributed by atoms with Gasteiger partial charge in [-0.2, -0.15) is 5.26 Å². The van der Waals surface area contributed by atoms with Gasteiger partial charge in [0.2, 0.25) is 0 Å². The number of nitriles is 1. The second-order valence-electron chi connectivity index (χ2n) is 3.26. The minimum Gasteiger partial charge on any atom is -0.391 e. The third-order valence-corrected chi connectivity index (χ3v) is 3.73. The van der Waals surface area contributed by atoms with E-state index < -0.39 is 12.2 Å². The Kier molecular flexibility index (Phi) is 4.74. The first kappa shape index (κ1) is 12.7. The maximum absolute atomic E-state index is 9.28. The van der Waals surface area contributed by atoms with E-state index in [0.717, 1.165) is 9.35 Å². The Labute approximate surface area is 101 Å². The van der Waals surface area contributed by atoms with E-state index in [2.05, 4.69) is 22.0 Å². The van der Waals surface area contributed by atoms with Gasteiger partial charge in [0.05, 0.1) is 12.2 Å². The van der Waals surface area contributed by atoms with Gasteiger partial charge in [0, 0.05) is 14.7 Å². The Balaban J connectivity index is 2.70. The Morgan fingerprint density at radius 2 is 2.27 bits per heavy atom. The lowest BCUT2D eigenvalue weighted by Gasteiger charge is -2.18. The van der Waals surface area contributed by atoms with Gasteiger partial charge < -0.3 is 9.84 Å². The van der Waals surface area contributed by atoms with Gasteiger partial charge in [-0.15, -0.1) is 11.3 Å². The van der Waals surface area contributed by atoms with Gasteiger partial charge in [0.1, 0.15) is 6.07 Å². The smallest absolute Gasteiger partial charge is 0.178 e. The number of hydrogen-bond acceptors (Lipinski definition) is 4. The third-order valence-electron chi connectivity index (χ3n) is 1.99. The first-order valence-corrected chi connectivity index (χ1v) is 6.19. The number of nitrogens with zero attached hydrogens (tertiary/aromatic N) is 1. The molecule has 82 valence electrons. The molecule has 1 aromatic rings. The number of aliphatic hydroxyl groups excluding tert-OH is 1. The van der Waals surface area contributed by atoms with Gasteiger partial charge in [0.25, 0.3) is 0 Å². The predicted molar refractivity (Wildman–Crippen MR) is 62.6 cm³/mol. The molecule has 3 nitrogen and oxygen atoms in total. The zero-order valence-corrected chi connectivity index (χ0v) is 10.9. The van der Waals surface area contributed by atoms with Crippen LogP contribution in [0.5, 0.6) is 0 Å². The molecule has 3 unspecified atom stereocenters. The lowest BCUT2D eigenvalue weighted by atomic mass is 10.2. The average molecular weight is 290 g/mol. The van der Waals surface area contributed by atoms with Crippen LogP contribution in [-0.2, 0) is 4.74 Å². The molecule has 0 bridgehead atoms. The number of rotatable bonds is 4. The summed E-state index contributed by atoms with van der Waals surface area (Å²) in [5.74, 6) is 0. The number of halogens is 1. The standard InChI is InChI=1S/C10H12BrNO2S/c1-6(13)7(2)14-9(4-12)10-3-8(11)5-15-10/h3,5-7,9,13H,1-2H3. The molecule has 0 aromatic carbocycles. The van der Waals surface area contributed by atoms with Crippen molar-refractivity contribution in [3.05, 3.63) is 20.8 Å². The molecule has 5 heteroatoms. The number of hydrogen-bond donors (Lipinski definition) is 1. The van der Waals surface area contributed by atoms with E-state index in [4.69, 9.17) is 10.00 Å². The minimum atomic E-state index is -0.606. The minimum absolute atomic E-state index is 0.351. The van der Waals surface area contributed by atoms with Crippen LogP contribution < -0.4 is 0 Å². The van der Waals surface area contributed by atoms with E-state index >= 15 is 0 Å². The summed E-state index contributed by atoms with van der Waals surface area (Å²) in [7, 11) is 0. The molecule has 1 rings (SSSR count). The summed E-state index contributed by atoms with van der Waals surface area (Å²) >= 11 is 4.78. The Hall–Kier alpha value is -0.410. The lowest BCUT2D eigenvalue weighted by Crippen LogP contribution is -2.24. The lowest BCUT2D eigenvalue weighted by molar-refractivity contribution is -0.0415. The molecule has 0 saturated carbocycles. The molecule has 1 heterocycles. The summed E-state index contributed by atoms with van der Waals surface area (Å²) in [5.41, 5.74) is 0. The molecule has 0 radical (unpaired) electrons. The van der Waals surface area contributed by atoms with Gasteiger partial charge in [-0.05, 0) is 35.8 Å². The normalized spacial score (nSPS) is 16.7. The molecule has 0 aliphatic rings. The number of aliphatic hydroxyl groups is 1. The number of ether oxygens (including phenoxy) is 1. The van der Waals surface area contributed by atoms with E-state index in [-0.39, 0.29) is 6.10 Å². The fourth-order valence-electron chi connectivity index (χ4n) is 0.955. The summed E-state index contributed by atoms with van der Waals surface area (Å²) in [5, 5.41) is 20.1. The highest BCUT2D eigenvalue weighted by atomic mass is 79.9. The van der Waals surface area contributed by atoms with Crippen LogP contribution in [0.1, 0.15) is 24.8 Å². The quantitative estimate of drug-likeness (QED) is 0.927. The van der Waals surface area contributed by atoms with Crippen LogP contribution in [0.3, 0.4) is 0 Å². The van der Waals surface area contributed by atoms with Crippen LogP contribution >= 0.6 is 27.3 Å². The van der Waals surface area contributed by atoms with E-state index in [1.165, 1.54) is 11.3 Å². The second-order valence-corrected chi connectivity index (χ2v) is 5.12. The van der Waals surface area contributed by atoms with Crippen molar-refractivity contribution in [2.45, 2.75) is 32.2 Å². The van der Waals surface area contributed by atoms with E-state index in [1.54, 1.807) is 13.8 Å². The zero-order valence-electron chi connectivity index (χ0n) is 8.48. The molecular weight excluding hydrogens is 278 g/mol. The highest BCUT2D eigenvalue weighted by Gasteiger charge is 2.19. The molecule has 0 fully saturated rings. The molecule has 3 atom stereocenters. The van der Waals surface area contributed by atoms with Gasteiger partial charge >= 0.3 is 0 Å². The zero-order chi connectivity index (χ0) is 11.4. The van der Waals surface area contributed by atoms with Crippen molar-refractivity contribution in [3.8, 4) is 6.07 Å². The maximum Gasteiger partial charge on any atom is 0.178 e. The molecule has 15 heavy (non-hydrogen) atoms. The van der Waals surface area contributed by atoms with Crippen molar-refractivity contribution in [2.24, 2.45) is 0 Å². The summed E-state index contributed by atoms with van der Waals surface area (Å²) in [6, 6.07) is 3.93. The molecule has 1 N–H and O–H groups in total. The summed E-state index contributed by atoms with van der Waals surface area (Å²) < 4.78 is 6.38. The number of thiophene rings is 1. The van der Waals surface area contributed by atoms with Gasteiger partial charge in [0.15, 0.2) is 6.10 Å². The maximum atomic E-state index is 9.28. The van der Waals surface area contributed by atoms with Crippen LogP contribution in [0.4, 0.5) is 0 Å². The molecule has 0 spiro atoms. The van der Waals surface area contributed by atoms with Crippen molar-refractivity contribution in [3.63, 3.8) is 0 Å². The van der Waals surface area contributed by atoms with Crippen molar-refractivity contribution < 1.29 is 9.84 Å². The van der Waals surface area contributed by atoms with Crippen molar-refractivity contribution in [1.29, 1.82) is 5.26 Å². The predicted octanol–water partition coefficient (Wildman–Crippen LogP) is 2.86. The highest BCUT2D eigenvalue weighted by Crippen LogP contribution is 2.28. The molecule has 0 aliphatic carbocycles. The fraction of sp³-hybridized carbons (Fsp3) is 0.500. The third kappa shape index (κ3) is 3.58. The summed E-state index contributed by atoms with van der Waals surface area (Å²) in [6.07, 6.45) is -1.54. The molecule has 0 saturated heterocycles. The van der Waals surface area contributed by atoms with Crippen molar-refractivity contribution >= 4 is 27.3 Å². The van der Waals surface area contributed by atoms with E-state index in [0.29, 0.717) is 0 Å². The van der Waals surface area contributed by atoms with Gasteiger partial charge in [-0.25, -0.2) is 0 Å². The second kappa shape index (κ2) is 5.61. The Morgan fingerprint density at radius 1 is 1.60 bits per heavy atom. The Bertz CT molecular complexity index is 359. The molecule has 1 aromatic heterocycles. The fourth-order valence-corrected chi connectivity index (χ4v) is 2.38. The largest absolute Gasteiger partial charge is 0.391 e. The van der Waals surface area contributed by atoms with E-state index in [9.17, 15) is 5.11 Å². The van der Waals surface area contributed by atoms with Crippen LogP contribution in [-0.4, -0.2) is 17.3 Å². The van der Waals surface area contributed by atoms with Crippen LogP contribution in [0.15, 0.2) is 15.9 Å². The van der Waals surface area contributed by atoms with Crippen LogP contribution in [0, 0.1) is 11.3 Å². The van der Waals surface area contributed by atoms with E-state index in [1.807, 2.05) is 11.4 Å². The summed E-state index contributed by atoms with van der Waals surface area (Å²) in [6.45, 7) is 3.39. The topological polar surface area (TPSA) is 53.2 Å². The molecule has 0 aliphatic heterocycles. The van der Waals surface area contributed by atoms with Gasteiger partial charge in [-0.1, -0.05) is 0 Å². The monoisotopic (exact) mass is 289 g/mol. The average Bonchev–Trinajstić information content (AvgIpc) is 2.60. The van der Waals surface area contributed by atoms with Crippen molar-refractivity contribution in [2.75, 3.05) is 0 Å². The van der Waals surface area contributed by atoms with Crippen LogP contribution in [0.2, 0.25) is 0 Å². The molecular formula is C10H12BrNO2S. The SMILES string of the molecule is CC(O)C(C)OC(C#N)c1cc(Br)cs1. The van der Waals surface area contributed by atoms with Crippen molar-refractivity contribution in [1.82, 2.24) is 0 Å². The highest BCUT2D eigenvalue weighted by molar-refractivity contribution is 9.10. The molecule has 0 amide bonds. The first-order chi connectivity index (χ1) is 7.04. The first-order valence-electron chi connectivity index (χ1n) is 4.51.